The van der Waals surface area contributed by atoms with Gasteiger partial charge in [-0.2, -0.15) is 0 Å². The average molecular weight is 325 g/mol. The summed E-state index contributed by atoms with van der Waals surface area (Å²) in [6.45, 7) is 1.55. The summed E-state index contributed by atoms with van der Waals surface area (Å²) in [5.74, 6) is -1.57. The Labute approximate surface area is 133 Å². The molecule has 0 aromatic heterocycles. The largest absolute Gasteiger partial charge is 0.507 e. The number of aliphatic hydroxyl groups is 1. The van der Waals surface area contributed by atoms with Gasteiger partial charge in [-0.05, 0) is 19.8 Å². The molecule has 3 N–H and O–H groups in total. The first-order valence-corrected chi connectivity index (χ1v) is 7.26. The van der Waals surface area contributed by atoms with Gasteiger partial charge in [0, 0.05) is 11.6 Å². The van der Waals surface area contributed by atoms with Crippen LogP contribution in [0.15, 0.2) is 24.3 Å². The standard InChI is InChI=1S/C16H17ClO5/c1-9-11(18)7-5-3-2-4-6-10-14(16(21)22-9)12(19)8-13(20)15(10)17/h4-9,11,18-20H,2-3H2,1H3/b6-4+,7-5+/t9-,11+/m1/s1. The molecule has 118 valence electrons. The molecule has 5 nitrogen and oxygen atoms in total. The molecular weight excluding hydrogens is 308 g/mol. The molecule has 0 unspecified atom stereocenters. The zero-order chi connectivity index (χ0) is 16.3. The number of aromatic hydroxyl groups is 2. The number of esters is 1. The van der Waals surface area contributed by atoms with Gasteiger partial charge in [0.1, 0.15) is 29.3 Å². The van der Waals surface area contributed by atoms with Crippen LogP contribution in [0, 0.1) is 0 Å². The van der Waals surface area contributed by atoms with Crippen LogP contribution in [0.3, 0.4) is 0 Å². The van der Waals surface area contributed by atoms with E-state index in [2.05, 4.69) is 0 Å². The molecule has 0 spiro atoms. The minimum Gasteiger partial charge on any atom is -0.507 e. The number of ether oxygens (including phenoxy) is 1. The highest BCUT2D eigenvalue weighted by Gasteiger charge is 2.25. The lowest BCUT2D eigenvalue weighted by Gasteiger charge is -2.19. The third-order valence-corrected chi connectivity index (χ3v) is 3.75. The van der Waals surface area contributed by atoms with Gasteiger partial charge in [-0.3, -0.25) is 0 Å². The second-order valence-corrected chi connectivity index (χ2v) is 5.40. The molecule has 0 bridgehead atoms. The van der Waals surface area contributed by atoms with Crippen LogP contribution in [0.25, 0.3) is 6.08 Å². The number of hydrogen-bond acceptors (Lipinski definition) is 5. The molecule has 1 aromatic carbocycles. The van der Waals surface area contributed by atoms with Crippen LogP contribution in [0.2, 0.25) is 5.02 Å². The van der Waals surface area contributed by atoms with Gasteiger partial charge in [0.15, 0.2) is 0 Å². The molecular formula is C16H17ClO5. The molecule has 1 aliphatic heterocycles. The smallest absolute Gasteiger partial charge is 0.342 e. The lowest BCUT2D eigenvalue weighted by Crippen LogP contribution is -2.27. The minimum absolute atomic E-state index is 0.0400. The zero-order valence-corrected chi connectivity index (χ0v) is 12.7. The van der Waals surface area contributed by atoms with Crippen molar-refractivity contribution in [1.29, 1.82) is 0 Å². The van der Waals surface area contributed by atoms with Crippen molar-refractivity contribution in [2.24, 2.45) is 0 Å². The first-order chi connectivity index (χ1) is 10.4. The fourth-order valence-electron chi connectivity index (χ4n) is 2.10. The molecule has 6 heteroatoms. The third-order valence-electron chi connectivity index (χ3n) is 3.36. The van der Waals surface area contributed by atoms with E-state index in [1.165, 1.54) is 0 Å². The van der Waals surface area contributed by atoms with E-state index >= 15 is 0 Å². The van der Waals surface area contributed by atoms with Crippen molar-refractivity contribution in [3.63, 3.8) is 0 Å². The Hall–Kier alpha value is -1.98. The molecule has 0 radical (unpaired) electrons. The van der Waals surface area contributed by atoms with Gasteiger partial charge < -0.3 is 20.1 Å². The molecule has 1 aliphatic rings. The van der Waals surface area contributed by atoms with E-state index < -0.39 is 23.9 Å². The topological polar surface area (TPSA) is 87.0 Å². The van der Waals surface area contributed by atoms with Crippen molar-refractivity contribution in [3.05, 3.63) is 40.4 Å². The maximum atomic E-state index is 12.3. The van der Waals surface area contributed by atoms with Crippen LogP contribution in [-0.4, -0.2) is 33.5 Å². The molecule has 0 fully saturated rings. The van der Waals surface area contributed by atoms with Gasteiger partial charge in [-0.15, -0.1) is 0 Å². The fourth-order valence-corrected chi connectivity index (χ4v) is 2.32. The van der Waals surface area contributed by atoms with Crippen molar-refractivity contribution in [1.82, 2.24) is 0 Å². The van der Waals surface area contributed by atoms with E-state index in [0.29, 0.717) is 12.8 Å². The molecule has 2 atom stereocenters. The van der Waals surface area contributed by atoms with Crippen molar-refractivity contribution in [2.45, 2.75) is 32.0 Å². The van der Waals surface area contributed by atoms with Crippen molar-refractivity contribution in [2.75, 3.05) is 0 Å². The van der Waals surface area contributed by atoms with Crippen LogP contribution in [0.4, 0.5) is 0 Å². The summed E-state index contributed by atoms with van der Waals surface area (Å²) in [4.78, 5) is 12.3. The number of carbonyl (C=O) groups is 1. The summed E-state index contributed by atoms with van der Waals surface area (Å²) < 4.78 is 5.16. The molecule has 1 aromatic rings. The van der Waals surface area contributed by atoms with Gasteiger partial charge >= 0.3 is 5.97 Å². The van der Waals surface area contributed by atoms with Crippen LogP contribution >= 0.6 is 11.6 Å². The number of phenolic OH excluding ortho intramolecular Hbond substituents is 2. The molecule has 0 amide bonds. The second kappa shape index (κ2) is 6.85. The van der Waals surface area contributed by atoms with E-state index in [4.69, 9.17) is 16.3 Å². The quantitative estimate of drug-likeness (QED) is 0.504. The summed E-state index contributed by atoms with van der Waals surface area (Å²) in [7, 11) is 0. The maximum absolute atomic E-state index is 12.3. The molecule has 0 aliphatic carbocycles. The van der Waals surface area contributed by atoms with Crippen LogP contribution < -0.4 is 0 Å². The number of rotatable bonds is 0. The first kappa shape index (κ1) is 16.4. The Bertz CT molecular complexity index is 636. The van der Waals surface area contributed by atoms with Gasteiger partial charge in [-0.25, -0.2) is 4.79 Å². The highest BCUT2D eigenvalue weighted by atomic mass is 35.5. The summed E-state index contributed by atoms with van der Waals surface area (Å²) in [6.07, 6.45) is 6.30. The maximum Gasteiger partial charge on any atom is 0.342 e. The first-order valence-electron chi connectivity index (χ1n) is 6.88. The van der Waals surface area contributed by atoms with Crippen molar-refractivity contribution < 1.29 is 24.9 Å². The summed E-state index contributed by atoms with van der Waals surface area (Å²) in [6, 6.07) is 0.989. The number of cyclic esters (lactones) is 1. The lowest BCUT2D eigenvalue weighted by molar-refractivity contribution is 0.00294. The van der Waals surface area contributed by atoms with Gasteiger partial charge in [0.2, 0.25) is 0 Å². The number of hydrogen-bond donors (Lipinski definition) is 3. The summed E-state index contributed by atoms with van der Waals surface area (Å²) in [5, 5.41) is 29.5. The predicted molar refractivity (Wildman–Crippen MR) is 83.1 cm³/mol. The highest BCUT2D eigenvalue weighted by Crippen LogP contribution is 2.37. The predicted octanol–water partition coefficient (Wildman–Crippen LogP) is 3.02. The summed E-state index contributed by atoms with van der Waals surface area (Å²) >= 11 is 6.02. The highest BCUT2D eigenvalue weighted by molar-refractivity contribution is 6.34. The number of halogens is 1. The number of aliphatic hydroxyl groups excluding tert-OH is 1. The second-order valence-electron chi connectivity index (χ2n) is 5.03. The van der Waals surface area contributed by atoms with E-state index in [9.17, 15) is 20.1 Å². The van der Waals surface area contributed by atoms with Crippen molar-refractivity contribution in [3.8, 4) is 11.5 Å². The Balaban J connectivity index is 2.54. The molecule has 22 heavy (non-hydrogen) atoms. The van der Waals surface area contributed by atoms with E-state index in [0.717, 1.165) is 6.07 Å². The molecule has 0 saturated carbocycles. The lowest BCUT2D eigenvalue weighted by atomic mass is 10.0. The zero-order valence-electron chi connectivity index (χ0n) is 12.0. The molecule has 1 heterocycles. The number of allylic oxidation sites excluding steroid dienone is 2. The van der Waals surface area contributed by atoms with Crippen molar-refractivity contribution >= 4 is 23.6 Å². The SMILES string of the molecule is C[C@H]1OC(=O)c2c(O)cc(O)c(Cl)c2/C=C/CC/C=C/[C@@H]1O. The van der Waals surface area contributed by atoms with Crippen LogP contribution in [-0.2, 0) is 4.74 Å². The normalized spacial score (nSPS) is 25.3. The van der Waals surface area contributed by atoms with Crippen LogP contribution in [0.5, 0.6) is 11.5 Å². The third kappa shape index (κ3) is 3.43. The number of phenols is 2. The Morgan fingerprint density at radius 2 is 1.91 bits per heavy atom. The summed E-state index contributed by atoms with van der Waals surface area (Å²) in [5.41, 5.74) is 0.0538. The van der Waals surface area contributed by atoms with Gasteiger partial charge in [0.25, 0.3) is 0 Å². The Morgan fingerprint density at radius 1 is 1.23 bits per heavy atom. The van der Waals surface area contributed by atoms with Crippen LogP contribution in [0.1, 0.15) is 35.7 Å². The monoisotopic (exact) mass is 324 g/mol. The molecule has 2 rings (SSSR count). The Morgan fingerprint density at radius 3 is 2.64 bits per heavy atom. The Kier molecular flexibility index (Phi) is 5.11. The van der Waals surface area contributed by atoms with E-state index in [1.54, 1.807) is 31.2 Å². The van der Waals surface area contributed by atoms with E-state index in [1.807, 2.05) is 0 Å². The number of fused-ring (bicyclic) bond motifs is 1. The molecule has 0 saturated heterocycles. The fraction of sp³-hybridized carbons (Fsp3) is 0.312. The van der Waals surface area contributed by atoms with E-state index in [-0.39, 0.29) is 21.9 Å². The average Bonchev–Trinajstić information content (AvgIpc) is 2.45. The van der Waals surface area contributed by atoms with Gasteiger partial charge in [0.05, 0.1) is 5.02 Å². The van der Waals surface area contributed by atoms with Gasteiger partial charge in [-0.1, -0.05) is 35.9 Å². The number of carbonyl (C=O) groups excluding carboxylic acids is 1. The number of benzene rings is 1. The minimum atomic E-state index is -0.939.